The molecule has 0 spiro atoms. The van der Waals surface area contributed by atoms with E-state index >= 15 is 0 Å². The van der Waals surface area contributed by atoms with Crippen LogP contribution in [-0.2, 0) is 10.0 Å². The largest absolute Gasteiger partial charge is 0.345 e. The molecule has 0 bridgehead atoms. The molecule has 1 saturated carbocycles. The van der Waals surface area contributed by atoms with E-state index in [0.717, 1.165) is 37.1 Å². The van der Waals surface area contributed by atoms with Gasteiger partial charge in [-0.25, -0.2) is 13.1 Å². The van der Waals surface area contributed by atoms with E-state index in [0.29, 0.717) is 23.8 Å². The van der Waals surface area contributed by atoms with Gasteiger partial charge in [-0.05, 0) is 57.4 Å². The first kappa shape index (κ1) is 19.6. The molecule has 1 aliphatic carbocycles. The van der Waals surface area contributed by atoms with Crippen molar-refractivity contribution < 1.29 is 13.2 Å². The van der Waals surface area contributed by atoms with E-state index in [1.54, 1.807) is 12.1 Å². The fourth-order valence-corrected chi connectivity index (χ4v) is 4.43. The highest BCUT2D eigenvalue weighted by atomic mass is 32.2. The molecule has 1 aromatic carbocycles. The van der Waals surface area contributed by atoms with Crippen LogP contribution in [0, 0.1) is 13.8 Å². The van der Waals surface area contributed by atoms with E-state index in [9.17, 15) is 13.2 Å². The van der Waals surface area contributed by atoms with Crippen molar-refractivity contribution in [3.05, 3.63) is 47.3 Å². The van der Waals surface area contributed by atoms with E-state index < -0.39 is 10.0 Å². The average molecular weight is 390 g/mol. The fraction of sp³-hybridized carbons (Fsp3) is 0.450. The summed E-state index contributed by atoms with van der Waals surface area (Å²) in [4.78, 5) is 12.9. The summed E-state index contributed by atoms with van der Waals surface area (Å²) in [6, 6.07) is 8.76. The number of aromatic nitrogens is 1. The standard InChI is InChI=1S/C20H27N3O3S/c1-4-5-11-21-27(25,26)18-8-6-7-16(13-18)22-20(24)19-12-14(2)23(15(19)3)17-9-10-17/h6-8,12-13,17,21H,4-5,9-11H2,1-3H3,(H,22,24). The number of carbonyl (C=O) groups excluding carboxylic acids is 1. The Kier molecular flexibility index (Phi) is 5.72. The van der Waals surface area contributed by atoms with Crippen LogP contribution >= 0.6 is 0 Å². The minimum absolute atomic E-state index is 0.153. The van der Waals surface area contributed by atoms with Gasteiger partial charge < -0.3 is 9.88 Å². The molecule has 1 amide bonds. The molecule has 0 radical (unpaired) electrons. The zero-order chi connectivity index (χ0) is 19.6. The Hall–Kier alpha value is -2.12. The SMILES string of the molecule is CCCCNS(=O)(=O)c1cccc(NC(=O)c2cc(C)n(C3CC3)c2C)c1. The number of benzene rings is 1. The van der Waals surface area contributed by atoms with Gasteiger partial charge in [0.2, 0.25) is 10.0 Å². The van der Waals surface area contributed by atoms with Crippen molar-refractivity contribution in [2.75, 3.05) is 11.9 Å². The topological polar surface area (TPSA) is 80.2 Å². The zero-order valence-electron chi connectivity index (χ0n) is 16.1. The van der Waals surface area contributed by atoms with Crippen LogP contribution in [0.15, 0.2) is 35.2 Å². The summed E-state index contributed by atoms with van der Waals surface area (Å²) in [7, 11) is -3.57. The van der Waals surface area contributed by atoms with Gasteiger partial charge in [-0.2, -0.15) is 0 Å². The summed E-state index contributed by atoms with van der Waals surface area (Å²) in [6.45, 7) is 6.38. The Balaban J connectivity index is 1.76. The molecule has 1 aromatic heterocycles. The number of nitrogens with zero attached hydrogens (tertiary/aromatic N) is 1. The Morgan fingerprint density at radius 1 is 1.22 bits per heavy atom. The first-order valence-corrected chi connectivity index (χ1v) is 10.9. The van der Waals surface area contributed by atoms with Crippen molar-refractivity contribution in [1.29, 1.82) is 0 Å². The first-order valence-electron chi connectivity index (χ1n) is 9.43. The molecule has 1 aliphatic rings. The van der Waals surface area contributed by atoms with Crippen molar-refractivity contribution in [2.24, 2.45) is 0 Å². The third-order valence-electron chi connectivity index (χ3n) is 4.87. The van der Waals surface area contributed by atoms with Gasteiger partial charge in [-0.15, -0.1) is 0 Å². The second-order valence-electron chi connectivity index (χ2n) is 7.12. The Labute approximate surface area is 161 Å². The molecule has 1 fully saturated rings. The van der Waals surface area contributed by atoms with Crippen molar-refractivity contribution in [3.63, 3.8) is 0 Å². The van der Waals surface area contributed by atoms with Gasteiger partial charge in [0, 0.05) is 29.7 Å². The normalized spacial score (nSPS) is 14.3. The predicted molar refractivity (Wildman–Crippen MR) is 107 cm³/mol. The van der Waals surface area contributed by atoms with Crippen LogP contribution in [0.5, 0.6) is 0 Å². The van der Waals surface area contributed by atoms with Crippen molar-refractivity contribution >= 4 is 21.6 Å². The zero-order valence-corrected chi connectivity index (χ0v) is 16.9. The number of carbonyl (C=O) groups is 1. The van der Waals surface area contributed by atoms with Crippen LogP contribution in [0.4, 0.5) is 5.69 Å². The number of nitrogens with one attached hydrogen (secondary N) is 2. The third kappa shape index (κ3) is 4.42. The van der Waals surface area contributed by atoms with Gasteiger partial charge in [-0.3, -0.25) is 4.79 Å². The maximum Gasteiger partial charge on any atom is 0.257 e. The smallest absolute Gasteiger partial charge is 0.257 e. The lowest BCUT2D eigenvalue weighted by atomic mass is 10.2. The maximum absolute atomic E-state index is 12.7. The lowest BCUT2D eigenvalue weighted by Crippen LogP contribution is -2.24. The van der Waals surface area contributed by atoms with Gasteiger partial charge >= 0.3 is 0 Å². The van der Waals surface area contributed by atoms with Crippen LogP contribution in [0.2, 0.25) is 0 Å². The molecular weight excluding hydrogens is 362 g/mol. The monoisotopic (exact) mass is 389 g/mol. The highest BCUT2D eigenvalue weighted by Gasteiger charge is 2.28. The van der Waals surface area contributed by atoms with Crippen LogP contribution < -0.4 is 10.0 Å². The van der Waals surface area contributed by atoms with Gasteiger partial charge in [0.25, 0.3) is 5.91 Å². The average Bonchev–Trinajstić information content (AvgIpc) is 3.40. The van der Waals surface area contributed by atoms with E-state index in [1.165, 1.54) is 12.1 Å². The van der Waals surface area contributed by atoms with Gasteiger partial charge in [-0.1, -0.05) is 19.4 Å². The fourth-order valence-electron chi connectivity index (χ4n) is 3.31. The Morgan fingerprint density at radius 3 is 2.63 bits per heavy atom. The van der Waals surface area contributed by atoms with Crippen molar-refractivity contribution in [1.82, 2.24) is 9.29 Å². The molecule has 6 nitrogen and oxygen atoms in total. The van der Waals surface area contributed by atoms with E-state index in [2.05, 4.69) is 14.6 Å². The quantitative estimate of drug-likeness (QED) is 0.675. The van der Waals surface area contributed by atoms with E-state index in [-0.39, 0.29) is 10.8 Å². The molecule has 0 unspecified atom stereocenters. The molecule has 0 aliphatic heterocycles. The molecule has 0 saturated heterocycles. The molecule has 2 N–H and O–H groups in total. The molecule has 7 heteroatoms. The lowest BCUT2D eigenvalue weighted by molar-refractivity contribution is 0.102. The number of sulfonamides is 1. The minimum atomic E-state index is -3.57. The second-order valence-corrected chi connectivity index (χ2v) is 8.89. The summed E-state index contributed by atoms with van der Waals surface area (Å²) >= 11 is 0. The Morgan fingerprint density at radius 2 is 1.96 bits per heavy atom. The molecule has 2 aromatic rings. The van der Waals surface area contributed by atoms with Crippen LogP contribution in [0.3, 0.4) is 0 Å². The molecule has 1 heterocycles. The molecule has 3 rings (SSSR count). The first-order chi connectivity index (χ1) is 12.8. The maximum atomic E-state index is 12.7. The minimum Gasteiger partial charge on any atom is -0.345 e. The molecule has 27 heavy (non-hydrogen) atoms. The highest BCUT2D eigenvalue weighted by molar-refractivity contribution is 7.89. The highest BCUT2D eigenvalue weighted by Crippen LogP contribution is 2.38. The summed E-state index contributed by atoms with van der Waals surface area (Å²) in [5, 5.41) is 2.83. The van der Waals surface area contributed by atoms with Crippen molar-refractivity contribution in [3.8, 4) is 0 Å². The number of aryl methyl sites for hydroxylation is 1. The Bertz CT molecular complexity index is 943. The molecular formula is C20H27N3O3S. The number of hydrogen-bond acceptors (Lipinski definition) is 3. The number of hydrogen-bond donors (Lipinski definition) is 2. The van der Waals surface area contributed by atoms with E-state index in [4.69, 9.17) is 0 Å². The van der Waals surface area contributed by atoms with Crippen LogP contribution in [0.1, 0.15) is 60.4 Å². The lowest BCUT2D eigenvalue weighted by Gasteiger charge is -2.10. The summed E-state index contributed by atoms with van der Waals surface area (Å²) < 4.78 is 29.5. The van der Waals surface area contributed by atoms with Gasteiger partial charge in [0.15, 0.2) is 0 Å². The predicted octanol–water partition coefficient (Wildman–Crippen LogP) is 3.77. The van der Waals surface area contributed by atoms with Gasteiger partial charge in [0.05, 0.1) is 10.5 Å². The summed E-state index contributed by atoms with van der Waals surface area (Å²) in [5.41, 5.74) is 3.14. The van der Waals surface area contributed by atoms with E-state index in [1.807, 2.05) is 26.8 Å². The summed E-state index contributed by atoms with van der Waals surface area (Å²) in [6.07, 6.45) is 4.01. The van der Waals surface area contributed by atoms with Gasteiger partial charge in [0.1, 0.15) is 0 Å². The number of anilines is 1. The third-order valence-corrected chi connectivity index (χ3v) is 6.32. The second kappa shape index (κ2) is 7.86. The summed E-state index contributed by atoms with van der Waals surface area (Å²) in [5.74, 6) is -0.219. The van der Waals surface area contributed by atoms with Crippen LogP contribution in [-0.4, -0.2) is 25.4 Å². The van der Waals surface area contributed by atoms with Crippen LogP contribution in [0.25, 0.3) is 0 Å². The molecule has 0 atom stereocenters. The number of amides is 1. The van der Waals surface area contributed by atoms with Crippen molar-refractivity contribution in [2.45, 2.75) is 57.4 Å². The number of rotatable bonds is 8. The molecule has 146 valence electrons. The number of unbranched alkanes of at least 4 members (excludes halogenated alkanes) is 1.